The first-order chi connectivity index (χ1) is 11.6. The van der Waals surface area contributed by atoms with Crippen LogP contribution in [0.1, 0.15) is 49.3 Å². The van der Waals surface area contributed by atoms with E-state index in [1.807, 2.05) is 30.3 Å². The maximum absolute atomic E-state index is 9.42. The lowest BCUT2D eigenvalue weighted by molar-refractivity contribution is 0.520. The van der Waals surface area contributed by atoms with Gasteiger partial charge >= 0.3 is 0 Å². The standard InChI is InChI=1S/C22H24N2/c1-16(2)13-18-9-11-19(12-10-18)17(3)22(21(14-23)15-24)20-7-5-4-6-8-20/h4-12,16-17,21-22H,13H2,1-3H3. The van der Waals surface area contributed by atoms with E-state index in [0.717, 1.165) is 12.0 Å². The summed E-state index contributed by atoms with van der Waals surface area (Å²) >= 11 is 0. The van der Waals surface area contributed by atoms with Crippen LogP contribution >= 0.6 is 0 Å². The van der Waals surface area contributed by atoms with Gasteiger partial charge in [-0.3, -0.25) is 0 Å². The molecule has 2 aromatic rings. The molecule has 24 heavy (non-hydrogen) atoms. The van der Waals surface area contributed by atoms with Gasteiger partial charge in [0.25, 0.3) is 0 Å². The molecule has 0 saturated carbocycles. The molecule has 0 aromatic heterocycles. The lowest BCUT2D eigenvalue weighted by Crippen LogP contribution is -2.17. The molecule has 2 nitrogen and oxygen atoms in total. The van der Waals surface area contributed by atoms with Crippen molar-refractivity contribution in [3.8, 4) is 12.1 Å². The molecule has 2 heteroatoms. The maximum atomic E-state index is 9.42. The zero-order chi connectivity index (χ0) is 17.5. The van der Waals surface area contributed by atoms with Crippen molar-refractivity contribution in [2.45, 2.75) is 39.0 Å². The summed E-state index contributed by atoms with van der Waals surface area (Å²) in [4.78, 5) is 0. The molecule has 122 valence electrons. The fraction of sp³-hybridized carbons (Fsp3) is 0.364. The van der Waals surface area contributed by atoms with Crippen molar-refractivity contribution in [3.63, 3.8) is 0 Å². The zero-order valence-corrected chi connectivity index (χ0v) is 14.6. The van der Waals surface area contributed by atoms with Gasteiger partial charge in [-0.2, -0.15) is 10.5 Å². The van der Waals surface area contributed by atoms with Crippen molar-refractivity contribution in [1.82, 2.24) is 0 Å². The Labute approximate surface area is 145 Å². The average Bonchev–Trinajstić information content (AvgIpc) is 2.60. The minimum absolute atomic E-state index is 0.102. The Bertz CT molecular complexity index is 703. The van der Waals surface area contributed by atoms with Crippen molar-refractivity contribution in [2.24, 2.45) is 11.8 Å². The molecule has 0 radical (unpaired) electrons. The topological polar surface area (TPSA) is 47.6 Å². The summed E-state index contributed by atoms with van der Waals surface area (Å²) in [7, 11) is 0. The Morgan fingerprint density at radius 3 is 1.88 bits per heavy atom. The zero-order valence-electron chi connectivity index (χ0n) is 14.6. The summed E-state index contributed by atoms with van der Waals surface area (Å²) in [6, 6.07) is 22.9. The van der Waals surface area contributed by atoms with Gasteiger partial charge in [-0.05, 0) is 34.9 Å². The third kappa shape index (κ3) is 4.24. The predicted molar refractivity (Wildman–Crippen MR) is 97.3 cm³/mol. The molecule has 0 aliphatic carbocycles. The first-order valence-electron chi connectivity index (χ1n) is 8.49. The minimum Gasteiger partial charge on any atom is -0.197 e. The molecule has 0 spiro atoms. The molecule has 0 aliphatic rings. The number of nitriles is 2. The Balaban J connectivity index is 2.33. The summed E-state index contributed by atoms with van der Waals surface area (Å²) in [6.45, 7) is 6.54. The van der Waals surface area contributed by atoms with Gasteiger partial charge < -0.3 is 0 Å². The van der Waals surface area contributed by atoms with Crippen molar-refractivity contribution >= 4 is 0 Å². The molecule has 0 aliphatic heterocycles. The van der Waals surface area contributed by atoms with E-state index >= 15 is 0 Å². The van der Waals surface area contributed by atoms with Crippen LogP contribution in [0.25, 0.3) is 0 Å². The highest BCUT2D eigenvalue weighted by Crippen LogP contribution is 2.38. The van der Waals surface area contributed by atoms with Crippen LogP contribution < -0.4 is 0 Å². The summed E-state index contributed by atoms with van der Waals surface area (Å²) < 4.78 is 0. The molecule has 2 atom stereocenters. The molecule has 0 saturated heterocycles. The Kier molecular flexibility index (Phi) is 6.16. The summed E-state index contributed by atoms with van der Waals surface area (Å²) in [5.41, 5.74) is 3.55. The van der Waals surface area contributed by atoms with E-state index in [1.54, 1.807) is 0 Å². The molecule has 2 rings (SSSR count). The molecular formula is C22H24N2. The molecule has 2 aromatic carbocycles. The van der Waals surface area contributed by atoms with Crippen LogP contribution in [0, 0.1) is 34.5 Å². The average molecular weight is 316 g/mol. The van der Waals surface area contributed by atoms with Crippen LogP contribution in [0.2, 0.25) is 0 Å². The number of benzene rings is 2. The van der Waals surface area contributed by atoms with Crippen molar-refractivity contribution < 1.29 is 0 Å². The molecule has 2 unspecified atom stereocenters. The number of rotatable bonds is 6. The summed E-state index contributed by atoms with van der Waals surface area (Å²) in [5, 5.41) is 18.8. The fourth-order valence-electron chi connectivity index (χ4n) is 3.27. The van der Waals surface area contributed by atoms with Gasteiger partial charge in [0.15, 0.2) is 0 Å². The number of nitrogens with zero attached hydrogens (tertiary/aromatic N) is 2. The Hall–Kier alpha value is -2.58. The van der Waals surface area contributed by atoms with E-state index in [1.165, 1.54) is 11.1 Å². The molecule has 0 heterocycles. The summed E-state index contributed by atoms with van der Waals surface area (Å²) in [6.07, 6.45) is 1.07. The highest BCUT2D eigenvalue weighted by atomic mass is 14.4. The van der Waals surface area contributed by atoms with E-state index in [4.69, 9.17) is 0 Å². The Morgan fingerprint density at radius 1 is 0.792 bits per heavy atom. The predicted octanol–water partition coefficient (Wildman–Crippen LogP) is 5.44. The maximum Gasteiger partial charge on any atom is 0.140 e. The second kappa shape index (κ2) is 8.32. The van der Waals surface area contributed by atoms with Gasteiger partial charge in [0, 0.05) is 5.92 Å². The van der Waals surface area contributed by atoms with Gasteiger partial charge in [0.1, 0.15) is 5.92 Å². The first kappa shape index (κ1) is 17.8. The molecule has 0 N–H and O–H groups in total. The van der Waals surface area contributed by atoms with Gasteiger partial charge in [-0.1, -0.05) is 75.4 Å². The van der Waals surface area contributed by atoms with E-state index in [-0.39, 0.29) is 11.8 Å². The monoisotopic (exact) mass is 316 g/mol. The molecular weight excluding hydrogens is 292 g/mol. The van der Waals surface area contributed by atoms with Crippen LogP contribution in [-0.2, 0) is 6.42 Å². The minimum atomic E-state index is -0.655. The highest BCUT2D eigenvalue weighted by molar-refractivity contribution is 5.33. The van der Waals surface area contributed by atoms with Crippen LogP contribution in [0.5, 0.6) is 0 Å². The van der Waals surface area contributed by atoms with Gasteiger partial charge in [0.2, 0.25) is 0 Å². The quantitative estimate of drug-likeness (QED) is 0.712. The van der Waals surface area contributed by atoms with E-state index in [2.05, 4.69) is 57.2 Å². The second-order valence-electron chi connectivity index (χ2n) is 6.80. The van der Waals surface area contributed by atoms with Gasteiger partial charge in [0.05, 0.1) is 12.1 Å². The van der Waals surface area contributed by atoms with E-state index in [9.17, 15) is 10.5 Å². The summed E-state index contributed by atoms with van der Waals surface area (Å²) in [5.74, 6) is -0.0495. The van der Waals surface area contributed by atoms with E-state index in [0.29, 0.717) is 5.92 Å². The molecule has 0 amide bonds. The lowest BCUT2D eigenvalue weighted by atomic mass is 9.75. The van der Waals surface area contributed by atoms with Crippen molar-refractivity contribution in [1.29, 1.82) is 10.5 Å². The number of hydrogen-bond donors (Lipinski definition) is 0. The lowest BCUT2D eigenvalue weighted by Gasteiger charge is -2.26. The molecule has 0 fully saturated rings. The van der Waals surface area contributed by atoms with Crippen LogP contribution in [0.4, 0.5) is 0 Å². The van der Waals surface area contributed by atoms with Crippen LogP contribution in [0.15, 0.2) is 54.6 Å². The normalized spacial score (nSPS) is 13.3. The van der Waals surface area contributed by atoms with Gasteiger partial charge in [-0.15, -0.1) is 0 Å². The third-order valence-corrected chi connectivity index (χ3v) is 4.51. The number of hydrogen-bond acceptors (Lipinski definition) is 2. The van der Waals surface area contributed by atoms with Crippen molar-refractivity contribution in [2.75, 3.05) is 0 Å². The van der Waals surface area contributed by atoms with Crippen molar-refractivity contribution in [3.05, 3.63) is 71.3 Å². The van der Waals surface area contributed by atoms with Gasteiger partial charge in [-0.25, -0.2) is 0 Å². The Morgan fingerprint density at radius 2 is 1.38 bits per heavy atom. The smallest absolute Gasteiger partial charge is 0.140 e. The highest BCUT2D eigenvalue weighted by Gasteiger charge is 2.29. The SMILES string of the molecule is CC(C)Cc1ccc(C(C)C(c2ccccc2)C(C#N)C#N)cc1. The second-order valence-corrected chi connectivity index (χ2v) is 6.80. The van der Waals surface area contributed by atoms with Crippen LogP contribution in [0.3, 0.4) is 0 Å². The fourth-order valence-corrected chi connectivity index (χ4v) is 3.27. The molecule has 0 bridgehead atoms. The largest absolute Gasteiger partial charge is 0.197 e. The first-order valence-corrected chi connectivity index (χ1v) is 8.49. The third-order valence-electron chi connectivity index (χ3n) is 4.51. The van der Waals surface area contributed by atoms with Crippen LogP contribution in [-0.4, -0.2) is 0 Å². The van der Waals surface area contributed by atoms with E-state index < -0.39 is 5.92 Å².